The number of rotatable bonds is 2. The number of hydrogen-bond acceptors (Lipinski definition) is 3. The van der Waals surface area contributed by atoms with Crippen LogP contribution in [0.1, 0.15) is 5.56 Å². The number of halogens is 2. The summed E-state index contributed by atoms with van der Waals surface area (Å²) in [6, 6.07) is 18.5. The molecule has 0 N–H and O–H groups in total. The molecule has 0 saturated heterocycles. The average Bonchev–Trinajstić information content (AvgIpc) is 3.07. The molecule has 2 heterocycles. The second kappa shape index (κ2) is 6.20. The van der Waals surface area contributed by atoms with Crippen molar-refractivity contribution in [2.24, 2.45) is 0 Å². The smallest absolute Gasteiger partial charge is 0.199 e. The fraction of sp³-hybridized carbons (Fsp3) is 0.0455. The Morgan fingerprint density at radius 1 is 0.786 bits per heavy atom. The maximum absolute atomic E-state index is 14.3. The number of nitrogens with zero attached hydrogens (tertiary/aromatic N) is 4. The molecular formula is C22H14F2N4. The zero-order valence-corrected chi connectivity index (χ0v) is 14.9. The summed E-state index contributed by atoms with van der Waals surface area (Å²) < 4.78 is 29.5. The second-order valence-corrected chi connectivity index (χ2v) is 6.57. The summed E-state index contributed by atoms with van der Waals surface area (Å²) in [6.45, 7) is 1.71. The van der Waals surface area contributed by atoms with Crippen molar-refractivity contribution in [2.45, 2.75) is 6.92 Å². The highest BCUT2D eigenvalue weighted by atomic mass is 19.1. The Bertz CT molecular complexity index is 1340. The predicted molar refractivity (Wildman–Crippen MR) is 104 cm³/mol. The van der Waals surface area contributed by atoms with Crippen molar-refractivity contribution < 1.29 is 8.78 Å². The lowest BCUT2D eigenvalue weighted by Crippen LogP contribution is -2.00. The number of fused-ring (bicyclic) bond motifs is 2. The molecule has 6 heteroatoms. The molecule has 5 aromatic rings. The maximum Gasteiger partial charge on any atom is 0.199 e. The summed E-state index contributed by atoms with van der Waals surface area (Å²) in [6.07, 6.45) is 0. The molecule has 4 nitrogen and oxygen atoms in total. The van der Waals surface area contributed by atoms with Crippen molar-refractivity contribution >= 4 is 22.3 Å². The molecule has 0 aliphatic carbocycles. The van der Waals surface area contributed by atoms with Crippen LogP contribution in [0.4, 0.5) is 8.78 Å². The third-order valence-corrected chi connectivity index (χ3v) is 4.69. The number of aryl methyl sites for hydroxylation is 1. The molecule has 28 heavy (non-hydrogen) atoms. The molecule has 0 amide bonds. The lowest BCUT2D eigenvalue weighted by atomic mass is 10.2. The van der Waals surface area contributed by atoms with Crippen LogP contribution < -0.4 is 0 Å². The predicted octanol–water partition coefficient (Wildman–Crippen LogP) is 5.22. The molecule has 5 rings (SSSR count). The van der Waals surface area contributed by atoms with Crippen LogP contribution >= 0.6 is 0 Å². The van der Waals surface area contributed by atoms with E-state index in [0.29, 0.717) is 33.9 Å². The highest BCUT2D eigenvalue weighted by Crippen LogP contribution is 2.29. The Balaban J connectivity index is 1.87. The number of imidazole rings is 1. The molecule has 0 atom stereocenters. The molecule has 0 unspecified atom stereocenters. The standard InChI is InChI=1S/C22H14F2N4/c1-13-6-11-16(12-17(13)24)28-21(14-7-9-15(23)10-8-14)27-20-22(28)26-19-5-3-2-4-18(19)25-20/h2-12H,1H3. The Morgan fingerprint density at radius 2 is 1.50 bits per heavy atom. The van der Waals surface area contributed by atoms with Crippen LogP contribution in [0.2, 0.25) is 0 Å². The molecule has 0 aliphatic rings. The van der Waals surface area contributed by atoms with Crippen molar-refractivity contribution in [3.05, 3.63) is 83.9 Å². The summed E-state index contributed by atoms with van der Waals surface area (Å²) in [4.78, 5) is 14.0. The number of aromatic nitrogens is 4. The first-order chi connectivity index (χ1) is 13.6. The Kier molecular flexibility index (Phi) is 3.65. The van der Waals surface area contributed by atoms with Crippen molar-refractivity contribution in [1.82, 2.24) is 19.5 Å². The second-order valence-electron chi connectivity index (χ2n) is 6.57. The van der Waals surface area contributed by atoms with Gasteiger partial charge in [-0.05, 0) is 61.0 Å². The van der Waals surface area contributed by atoms with E-state index in [2.05, 4.69) is 9.97 Å². The van der Waals surface area contributed by atoms with Gasteiger partial charge in [0.1, 0.15) is 17.5 Å². The topological polar surface area (TPSA) is 43.6 Å². The number of benzene rings is 3. The summed E-state index contributed by atoms with van der Waals surface area (Å²) in [5.41, 5.74) is 4.21. The average molecular weight is 372 g/mol. The third-order valence-electron chi connectivity index (χ3n) is 4.69. The van der Waals surface area contributed by atoms with E-state index in [-0.39, 0.29) is 11.6 Å². The molecule has 0 spiro atoms. The van der Waals surface area contributed by atoms with Gasteiger partial charge in [-0.2, -0.15) is 0 Å². The quantitative estimate of drug-likeness (QED) is 0.427. The van der Waals surface area contributed by atoms with Gasteiger partial charge in [0.05, 0.1) is 16.7 Å². The van der Waals surface area contributed by atoms with Gasteiger partial charge in [-0.3, -0.25) is 4.57 Å². The molecule has 0 bridgehead atoms. The minimum Gasteiger partial charge on any atom is -0.275 e. The molecular weight excluding hydrogens is 358 g/mol. The minimum absolute atomic E-state index is 0.321. The third kappa shape index (κ3) is 2.62. The van der Waals surface area contributed by atoms with Gasteiger partial charge in [0.15, 0.2) is 11.3 Å². The monoisotopic (exact) mass is 372 g/mol. The van der Waals surface area contributed by atoms with Crippen LogP contribution in [0.25, 0.3) is 39.4 Å². The number of hydrogen-bond donors (Lipinski definition) is 0. The van der Waals surface area contributed by atoms with Gasteiger partial charge in [-0.15, -0.1) is 0 Å². The van der Waals surface area contributed by atoms with Crippen LogP contribution in [0, 0.1) is 18.6 Å². The Labute approximate surface area is 159 Å². The van der Waals surface area contributed by atoms with Crippen molar-refractivity contribution in [1.29, 1.82) is 0 Å². The van der Waals surface area contributed by atoms with E-state index in [1.807, 2.05) is 30.3 Å². The summed E-state index contributed by atoms with van der Waals surface area (Å²) >= 11 is 0. The van der Waals surface area contributed by atoms with Crippen LogP contribution in [-0.4, -0.2) is 19.5 Å². The lowest BCUT2D eigenvalue weighted by Gasteiger charge is -2.10. The van der Waals surface area contributed by atoms with Gasteiger partial charge in [0.25, 0.3) is 0 Å². The van der Waals surface area contributed by atoms with Crippen LogP contribution in [0.3, 0.4) is 0 Å². The molecule has 3 aromatic carbocycles. The summed E-state index contributed by atoms with van der Waals surface area (Å²) in [5.74, 6) is -0.138. The molecule has 0 fully saturated rings. The normalized spacial score (nSPS) is 11.4. The first-order valence-corrected chi connectivity index (χ1v) is 8.78. The van der Waals surface area contributed by atoms with Gasteiger partial charge >= 0.3 is 0 Å². The van der Waals surface area contributed by atoms with E-state index in [1.165, 1.54) is 18.2 Å². The van der Waals surface area contributed by atoms with E-state index < -0.39 is 0 Å². The summed E-state index contributed by atoms with van der Waals surface area (Å²) in [5, 5.41) is 0. The van der Waals surface area contributed by atoms with Crippen molar-refractivity contribution in [3.63, 3.8) is 0 Å². The largest absolute Gasteiger partial charge is 0.275 e. The highest BCUT2D eigenvalue weighted by molar-refractivity contribution is 5.86. The van der Waals surface area contributed by atoms with Gasteiger partial charge in [0.2, 0.25) is 0 Å². The van der Waals surface area contributed by atoms with E-state index in [0.717, 1.165) is 11.0 Å². The molecule has 0 radical (unpaired) electrons. The van der Waals surface area contributed by atoms with Crippen molar-refractivity contribution in [3.8, 4) is 17.1 Å². The lowest BCUT2D eigenvalue weighted by molar-refractivity contribution is 0.617. The molecule has 136 valence electrons. The van der Waals surface area contributed by atoms with E-state index in [1.54, 1.807) is 29.7 Å². The van der Waals surface area contributed by atoms with E-state index >= 15 is 0 Å². The zero-order valence-electron chi connectivity index (χ0n) is 14.9. The number of para-hydroxylation sites is 2. The fourth-order valence-electron chi connectivity index (χ4n) is 3.22. The first kappa shape index (κ1) is 16.5. The summed E-state index contributed by atoms with van der Waals surface area (Å²) in [7, 11) is 0. The van der Waals surface area contributed by atoms with Crippen LogP contribution in [0.15, 0.2) is 66.7 Å². The van der Waals surface area contributed by atoms with E-state index in [4.69, 9.17) is 4.98 Å². The van der Waals surface area contributed by atoms with Crippen LogP contribution in [-0.2, 0) is 0 Å². The van der Waals surface area contributed by atoms with Crippen molar-refractivity contribution in [2.75, 3.05) is 0 Å². The SMILES string of the molecule is Cc1ccc(-n2c(-c3ccc(F)cc3)nc3nc4ccccc4nc32)cc1F. The first-order valence-electron chi connectivity index (χ1n) is 8.78. The van der Waals surface area contributed by atoms with Gasteiger partial charge in [-0.1, -0.05) is 18.2 Å². The Morgan fingerprint density at radius 3 is 2.21 bits per heavy atom. The zero-order chi connectivity index (χ0) is 19.3. The fourth-order valence-corrected chi connectivity index (χ4v) is 3.22. The highest BCUT2D eigenvalue weighted by Gasteiger charge is 2.18. The van der Waals surface area contributed by atoms with Gasteiger partial charge < -0.3 is 0 Å². The van der Waals surface area contributed by atoms with E-state index in [9.17, 15) is 8.78 Å². The van der Waals surface area contributed by atoms with Gasteiger partial charge in [-0.25, -0.2) is 23.7 Å². The maximum atomic E-state index is 14.3. The molecule has 0 saturated carbocycles. The minimum atomic E-state index is -0.338. The van der Waals surface area contributed by atoms with Gasteiger partial charge in [0, 0.05) is 5.56 Å². The Hall–Kier alpha value is -3.67. The van der Waals surface area contributed by atoms with Crippen LogP contribution in [0.5, 0.6) is 0 Å². The molecule has 2 aromatic heterocycles. The molecule has 0 aliphatic heterocycles.